The van der Waals surface area contributed by atoms with Crippen molar-refractivity contribution in [3.63, 3.8) is 0 Å². The van der Waals surface area contributed by atoms with Crippen LogP contribution in [0.4, 0.5) is 30.5 Å². The minimum absolute atomic E-state index is 0.123. The van der Waals surface area contributed by atoms with E-state index in [0.29, 0.717) is 47.0 Å². The van der Waals surface area contributed by atoms with Crippen LogP contribution < -0.4 is 19.9 Å². The largest absolute Gasteiger partial charge is 0.491 e. The van der Waals surface area contributed by atoms with Gasteiger partial charge in [0.1, 0.15) is 30.1 Å². The fraction of sp³-hybridized carbons (Fsp3) is 0.481. The van der Waals surface area contributed by atoms with Crippen LogP contribution in [0.2, 0.25) is 0 Å². The van der Waals surface area contributed by atoms with Gasteiger partial charge in [-0.25, -0.2) is 19.9 Å². The number of nitrogens with zero attached hydrogens (tertiary/aromatic N) is 6. The molecule has 1 saturated carbocycles. The Morgan fingerprint density at radius 1 is 1.05 bits per heavy atom. The number of hydrogen-bond acceptors (Lipinski definition) is 9. The van der Waals surface area contributed by atoms with Crippen molar-refractivity contribution in [1.82, 2.24) is 25.3 Å². The number of nitrogens with one attached hydrogen (secondary N) is 1. The second kappa shape index (κ2) is 12.6. The molecule has 2 N–H and O–H groups in total. The van der Waals surface area contributed by atoms with Crippen LogP contribution in [0.25, 0.3) is 11.4 Å². The highest BCUT2D eigenvalue weighted by Crippen LogP contribution is 2.32. The molecule has 2 heterocycles. The number of benzene rings is 1. The minimum Gasteiger partial charge on any atom is -0.491 e. The molecule has 3 aromatic rings. The van der Waals surface area contributed by atoms with Crippen molar-refractivity contribution >= 4 is 17.3 Å². The Bertz CT molecular complexity index is 1220. The maximum atomic E-state index is 13.0. The summed E-state index contributed by atoms with van der Waals surface area (Å²) in [5.74, 6) is 0.987. The van der Waals surface area contributed by atoms with E-state index in [1.807, 2.05) is 25.2 Å². The zero-order valence-electron chi connectivity index (χ0n) is 22.3. The first-order valence-corrected chi connectivity index (χ1v) is 13.0. The quantitative estimate of drug-likeness (QED) is 0.383. The standard InChI is InChI=1S/C27H34F3N7O2/c1-31-16-21(38)17-39-22-11-7-8-18(12-22)25-34-23(36(2)19-9-5-4-6-10-19)13-24(35-25)37(3)20-14-32-26(33-15-20)27(28,29)30/h7-8,11-15,19,21,31,38H,4-6,9-10,16-17H2,1-3H3. The number of alkyl halides is 3. The number of anilines is 3. The predicted molar refractivity (Wildman–Crippen MR) is 143 cm³/mol. The summed E-state index contributed by atoms with van der Waals surface area (Å²) in [6, 6.07) is 9.43. The summed E-state index contributed by atoms with van der Waals surface area (Å²) < 4.78 is 44.7. The third kappa shape index (κ3) is 7.33. The first-order chi connectivity index (χ1) is 18.7. The van der Waals surface area contributed by atoms with Crippen molar-refractivity contribution < 1.29 is 23.0 Å². The van der Waals surface area contributed by atoms with E-state index in [4.69, 9.17) is 14.7 Å². The van der Waals surface area contributed by atoms with Crippen molar-refractivity contribution in [2.45, 2.75) is 50.4 Å². The zero-order chi connectivity index (χ0) is 28.0. The number of aliphatic hydroxyl groups excluding tert-OH is 1. The molecule has 0 spiro atoms. The van der Waals surface area contributed by atoms with Crippen molar-refractivity contribution in [1.29, 1.82) is 0 Å². The monoisotopic (exact) mass is 545 g/mol. The Hall–Kier alpha value is -3.51. The number of likely N-dealkylation sites (N-methyl/N-ethyl adjacent to an activating group) is 1. The molecule has 0 amide bonds. The van der Waals surface area contributed by atoms with Gasteiger partial charge in [0, 0.05) is 38.3 Å². The molecule has 1 aromatic carbocycles. The van der Waals surface area contributed by atoms with Gasteiger partial charge in [0.15, 0.2) is 5.82 Å². The van der Waals surface area contributed by atoms with E-state index in [1.165, 1.54) is 6.42 Å². The van der Waals surface area contributed by atoms with Gasteiger partial charge in [0.05, 0.1) is 18.1 Å². The van der Waals surface area contributed by atoms with Crippen molar-refractivity contribution in [2.24, 2.45) is 0 Å². The average Bonchev–Trinajstić information content (AvgIpc) is 2.95. The SMILES string of the molecule is CNCC(O)COc1cccc(-c2nc(N(C)c3cnc(C(F)(F)F)nc3)cc(N(C)C3CCCCC3)n2)c1. The molecule has 0 bridgehead atoms. The molecule has 1 unspecified atom stereocenters. The topological polar surface area (TPSA) is 99.5 Å². The van der Waals surface area contributed by atoms with E-state index in [2.05, 4.69) is 20.2 Å². The fourth-order valence-corrected chi connectivity index (χ4v) is 4.54. The van der Waals surface area contributed by atoms with Crippen LogP contribution in [0, 0.1) is 0 Å². The van der Waals surface area contributed by atoms with E-state index in [-0.39, 0.29) is 6.61 Å². The number of aliphatic hydroxyl groups is 1. The Kier molecular flexibility index (Phi) is 9.18. The number of halogens is 3. The number of hydrogen-bond donors (Lipinski definition) is 2. The van der Waals surface area contributed by atoms with Crippen LogP contribution in [-0.4, -0.2) is 71.5 Å². The van der Waals surface area contributed by atoms with Gasteiger partial charge in [-0.3, -0.25) is 0 Å². The first-order valence-electron chi connectivity index (χ1n) is 13.0. The third-order valence-corrected chi connectivity index (χ3v) is 6.78. The summed E-state index contributed by atoms with van der Waals surface area (Å²) in [4.78, 5) is 20.4. The molecule has 210 valence electrons. The molecule has 0 aliphatic heterocycles. The highest BCUT2D eigenvalue weighted by molar-refractivity contribution is 5.67. The Labute approximate surface area is 226 Å². The lowest BCUT2D eigenvalue weighted by atomic mass is 9.94. The third-order valence-electron chi connectivity index (χ3n) is 6.78. The summed E-state index contributed by atoms with van der Waals surface area (Å²) in [5, 5.41) is 12.9. The van der Waals surface area contributed by atoms with Gasteiger partial charge in [-0.15, -0.1) is 0 Å². The second-order valence-corrected chi connectivity index (χ2v) is 9.68. The lowest BCUT2D eigenvalue weighted by Gasteiger charge is -2.32. The highest BCUT2D eigenvalue weighted by Gasteiger charge is 2.34. The molecule has 1 fully saturated rings. The molecule has 1 aliphatic rings. The van der Waals surface area contributed by atoms with Gasteiger partial charge >= 0.3 is 6.18 Å². The number of ether oxygens (including phenoxy) is 1. The summed E-state index contributed by atoms with van der Waals surface area (Å²) in [6.07, 6.45) is 2.64. The fourth-order valence-electron chi connectivity index (χ4n) is 4.54. The second-order valence-electron chi connectivity index (χ2n) is 9.68. The van der Waals surface area contributed by atoms with E-state index in [0.717, 1.165) is 38.1 Å². The van der Waals surface area contributed by atoms with E-state index >= 15 is 0 Å². The molecule has 39 heavy (non-hydrogen) atoms. The van der Waals surface area contributed by atoms with Crippen molar-refractivity contribution in [2.75, 3.05) is 44.1 Å². The predicted octanol–water partition coefficient (Wildman–Crippen LogP) is 4.45. The first kappa shape index (κ1) is 28.5. The molecule has 1 aliphatic carbocycles. The normalized spacial score (nSPS) is 15.2. The molecule has 0 saturated heterocycles. The van der Waals surface area contributed by atoms with Crippen LogP contribution in [0.3, 0.4) is 0 Å². The van der Waals surface area contributed by atoms with E-state index < -0.39 is 18.1 Å². The van der Waals surface area contributed by atoms with Crippen LogP contribution in [0.5, 0.6) is 5.75 Å². The molecule has 4 rings (SSSR count). The average molecular weight is 546 g/mol. The Morgan fingerprint density at radius 3 is 2.41 bits per heavy atom. The summed E-state index contributed by atoms with van der Waals surface area (Å²) in [5.41, 5.74) is 1.06. The number of rotatable bonds is 10. The number of aromatic nitrogens is 4. The van der Waals surface area contributed by atoms with Crippen molar-refractivity contribution in [3.8, 4) is 17.1 Å². The lowest BCUT2D eigenvalue weighted by Crippen LogP contribution is -2.34. The zero-order valence-corrected chi connectivity index (χ0v) is 22.3. The van der Waals surface area contributed by atoms with Crippen LogP contribution in [0.1, 0.15) is 37.9 Å². The Balaban J connectivity index is 1.68. The summed E-state index contributed by atoms with van der Waals surface area (Å²) in [7, 11) is 5.46. The molecule has 0 radical (unpaired) electrons. The maximum absolute atomic E-state index is 13.0. The molecule has 9 nitrogen and oxygen atoms in total. The van der Waals surface area contributed by atoms with Gasteiger partial charge in [-0.1, -0.05) is 31.4 Å². The van der Waals surface area contributed by atoms with Gasteiger partial charge in [-0.2, -0.15) is 13.2 Å². The highest BCUT2D eigenvalue weighted by atomic mass is 19.4. The minimum atomic E-state index is -4.62. The molecule has 1 atom stereocenters. The summed E-state index contributed by atoms with van der Waals surface area (Å²) in [6.45, 7) is 0.527. The molecular formula is C27H34F3N7O2. The van der Waals surface area contributed by atoms with Crippen LogP contribution >= 0.6 is 0 Å². The van der Waals surface area contributed by atoms with Crippen LogP contribution in [-0.2, 0) is 6.18 Å². The van der Waals surface area contributed by atoms with Crippen LogP contribution in [0.15, 0.2) is 42.7 Å². The Morgan fingerprint density at radius 2 is 1.74 bits per heavy atom. The smallest absolute Gasteiger partial charge is 0.451 e. The van der Waals surface area contributed by atoms with Gasteiger partial charge in [-0.05, 0) is 32.0 Å². The molecular weight excluding hydrogens is 511 g/mol. The van der Waals surface area contributed by atoms with E-state index in [9.17, 15) is 18.3 Å². The maximum Gasteiger partial charge on any atom is 0.451 e. The molecule has 12 heteroatoms. The van der Waals surface area contributed by atoms with Crippen molar-refractivity contribution in [3.05, 3.63) is 48.5 Å². The molecule has 2 aromatic heterocycles. The van der Waals surface area contributed by atoms with Gasteiger partial charge < -0.3 is 25.0 Å². The van der Waals surface area contributed by atoms with Gasteiger partial charge in [0.2, 0.25) is 5.82 Å². The summed E-state index contributed by atoms with van der Waals surface area (Å²) >= 11 is 0. The van der Waals surface area contributed by atoms with Gasteiger partial charge in [0.25, 0.3) is 0 Å². The lowest BCUT2D eigenvalue weighted by molar-refractivity contribution is -0.144. The van der Waals surface area contributed by atoms with E-state index in [1.54, 1.807) is 31.1 Å².